The second kappa shape index (κ2) is 9.94. The van der Waals surface area contributed by atoms with Gasteiger partial charge in [0.2, 0.25) is 15.0 Å². The van der Waals surface area contributed by atoms with Gasteiger partial charge in [0.15, 0.2) is 0 Å². The van der Waals surface area contributed by atoms with Gasteiger partial charge in [0.25, 0.3) is 0 Å². The molecule has 0 saturated heterocycles. The van der Waals surface area contributed by atoms with Crippen LogP contribution in [0.3, 0.4) is 0 Å². The van der Waals surface area contributed by atoms with E-state index in [0.717, 1.165) is 17.0 Å². The summed E-state index contributed by atoms with van der Waals surface area (Å²) < 4.78 is 38.5. The fourth-order valence-electron chi connectivity index (χ4n) is 3.46. The molecule has 0 radical (unpaired) electrons. The molecule has 0 saturated carbocycles. The van der Waals surface area contributed by atoms with Crippen molar-refractivity contribution in [2.75, 3.05) is 33.6 Å². The van der Waals surface area contributed by atoms with Crippen LogP contribution in [-0.4, -0.2) is 56.5 Å². The zero-order chi connectivity index (χ0) is 22.5. The third-order valence-corrected chi connectivity index (χ3v) is 7.11. The number of benzene rings is 1. The van der Waals surface area contributed by atoms with E-state index in [1.807, 2.05) is 52.1 Å². The van der Waals surface area contributed by atoms with Gasteiger partial charge < -0.3 is 14.0 Å². The lowest BCUT2D eigenvalue weighted by molar-refractivity contribution is 0.180. The molecule has 1 aromatic carbocycles. The summed E-state index contributed by atoms with van der Waals surface area (Å²) in [6.45, 7) is 9.23. The minimum atomic E-state index is -3.52. The van der Waals surface area contributed by atoms with E-state index in [4.69, 9.17) is 9.47 Å². The summed E-state index contributed by atoms with van der Waals surface area (Å²) in [7, 11) is 1.76. The van der Waals surface area contributed by atoms with Crippen LogP contribution in [0.1, 0.15) is 45.0 Å². The van der Waals surface area contributed by atoms with E-state index < -0.39 is 9.84 Å². The predicted octanol–water partition coefficient (Wildman–Crippen LogP) is 3.55. The van der Waals surface area contributed by atoms with Gasteiger partial charge >= 0.3 is 0 Å². The average Bonchev–Trinajstić information content (AvgIpc) is 3.07. The van der Waals surface area contributed by atoms with Crippen molar-refractivity contribution in [3.63, 3.8) is 0 Å². The lowest BCUT2D eigenvalue weighted by Gasteiger charge is -2.27. The Labute approximate surface area is 180 Å². The molecule has 0 aliphatic heterocycles. The summed E-state index contributed by atoms with van der Waals surface area (Å²) in [6, 6.07) is 7.99. The molecule has 2 aromatic rings. The molecular weight excluding hydrogens is 402 g/mol. The van der Waals surface area contributed by atoms with E-state index in [1.54, 1.807) is 25.0 Å². The van der Waals surface area contributed by atoms with Gasteiger partial charge in [0.1, 0.15) is 5.75 Å². The number of rotatable bonds is 10. The largest absolute Gasteiger partial charge is 0.496 e. The number of hydrogen-bond acceptors (Lipinski definition) is 6. The van der Waals surface area contributed by atoms with Crippen LogP contribution in [0.4, 0.5) is 0 Å². The summed E-state index contributed by atoms with van der Waals surface area (Å²) in [5, 5.41) is 0.114. The van der Waals surface area contributed by atoms with Crippen LogP contribution in [0.15, 0.2) is 35.6 Å². The van der Waals surface area contributed by atoms with Crippen molar-refractivity contribution in [2.45, 2.75) is 52.0 Å². The molecule has 168 valence electrons. The summed E-state index contributed by atoms with van der Waals surface area (Å²) in [6.07, 6.45) is 1.66. The second-order valence-corrected chi connectivity index (χ2v) is 10.7. The Bertz CT molecular complexity index is 932. The van der Waals surface area contributed by atoms with Crippen LogP contribution >= 0.6 is 0 Å². The molecule has 0 bridgehead atoms. The first-order chi connectivity index (χ1) is 14.0. The highest BCUT2D eigenvalue weighted by Gasteiger charge is 2.29. The first-order valence-corrected chi connectivity index (χ1v) is 11.7. The molecule has 1 atom stereocenters. The van der Waals surface area contributed by atoms with Crippen molar-refractivity contribution in [3.8, 4) is 5.75 Å². The van der Waals surface area contributed by atoms with Crippen LogP contribution in [0, 0.1) is 5.41 Å². The molecule has 7 nitrogen and oxygen atoms in total. The smallest absolute Gasteiger partial charge is 0.227 e. The van der Waals surface area contributed by atoms with Crippen LogP contribution in [0.5, 0.6) is 5.75 Å². The first kappa shape index (κ1) is 24.4. The summed E-state index contributed by atoms with van der Waals surface area (Å²) in [5.74, 6) is 0.870. The standard InChI is InChI=1S/C22H35N3O4S/c1-17(19-10-8-9-11-20(19)29-7)24(5)15-18-14-23-21(25(18)12-13-28-6)30(26,27)16-22(2,3)4/h8-11,14,17H,12-13,15-16H2,1-7H3/t17-/m0/s1. The normalized spacial score (nSPS) is 13.6. The van der Waals surface area contributed by atoms with Crippen molar-refractivity contribution < 1.29 is 17.9 Å². The Morgan fingerprint density at radius 3 is 2.47 bits per heavy atom. The van der Waals surface area contributed by atoms with Crippen molar-refractivity contribution in [3.05, 3.63) is 41.7 Å². The van der Waals surface area contributed by atoms with Crippen LogP contribution in [0.25, 0.3) is 0 Å². The molecule has 0 spiro atoms. The quantitative estimate of drug-likeness (QED) is 0.566. The molecule has 0 aliphatic rings. The lowest BCUT2D eigenvalue weighted by atomic mass is 10.0. The van der Waals surface area contributed by atoms with Crippen molar-refractivity contribution in [2.24, 2.45) is 5.41 Å². The Balaban J connectivity index is 2.34. The summed E-state index contributed by atoms with van der Waals surface area (Å²) in [5.41, 5.74) is 1.56. The highest BCUT2D eigenvalue weighted by atomic mass is 32.2. The molecule has 0 aliphatic carbocycles. The van der Waals surface area contributed by atoms with E-state index in [2.05, 4.69) is 16.8 Å². The topological polar surface area (TPSA) is 73.7 Å². The third-order valence-electron chi connectivity index (χ3n) is 4.98. The third kappa shape index (κ3) is 6.06. The van der Waals surface area contributed by atoms with E-state index in [9.17, 15) is 8.42 Å². The fourth-order valence-corrected chi connectivity index (χ4v) is 5.49. The molecule has 0 amide bonds. The molecule has 2 rings (SSSR count). The van der Waals surface area contributed by atoms with Gasteiger partial charge in [-0.15, -0.1) is 0 Å². The molecule has 30 heavy (non-hydrogen) atoms. The fraction of sp³-hybridized carbons (Fsp3) is 0.591. The number of aromatic nitrogens is 2. The van der Waals surface area contributed by atoms with Gasteiger partial charge in [-0.1, -0.05) is 39.0 Å². The van der Waals surface area contributed by atoms with E-state index in [0.29, 0.717) is 19.7 Å². The van der Waals surface area contributed by atoms with Crippen LogP contribution < -0.4 is 4.74 Å². The molecule has 0 unspecified atom stereocenters. The molecule has 0 N–H and O–H groups in total. The number of nitrogens with zero attached hydrogens (tertiary/aromatic N) is 3. The van der Waals surface area contributed by atoms with Gasteiger partial charge in [0, 0.05) is 31.8 Å². The Morgan fingerprint density at radius 2 is 1.87 bits per heavy atom. The number of para-hydroxylation sites is 1. The van der Waals surface area contributed by atoms with Crippen LogP contribution in [0.2, 0.25) is 0 Å². The number of imidazole rings is 1. The second-order valence-electron chi connectivity index (χ2n) is 8.83. The highest BCUT2D eigenvalue weighted by Crippen LogP contribution is 2.29. The molecular formula is C22H35N3O4S. The Morgan fingerprint density at radius 1 is 1.20 bits per heavy atom. The van der Waals surface area contributed by atoms with E-state index >= 15 is 0 Å². The molecule has 1 heterocycles. The monoisotopic (exact) mass is 437 g/mol. The van der Waals surface area contributed by atoms with E-state index in [-0.39, 0.29) is 22.4 Å². The van der Waals surface area contributed by atoms with Crippen molar-refractivity contribution >= 4 is 9.84 Å². The van der Waals surface area contributed by atoms with Gasteiger partial charge in [-0.25, -0.2) is 13.4 Å². The number of sulfone groups is 1. The van der Waals surface area contributed by atoms with Gasteiger partial charge in [-0.3, -0.25) is 4.90 Å². The molecule has 0 fully saturated rings. The maximum atomic E-state index is 13.0. The SMILES string of the molecule is COCCn1c(CN(C)[C@@H](C)c2ccccc2OC)cnc1S(=O)(=O)CC(C)(C)C. The predicted molar refractivity (Wildman–Crippen MR) is 118 cm³/mol. The minimum absolute atomic E-state index is 0.0386. The lowest BCUT2D eigenvalue weighted by Crippen LogP contribution is -2.27. The summed E-state index contributed by atoms with van der Waals surface area (Å²) >= 11 is 0. The first-order valence-electron chi connectivity index (χ1n) is 10.1. The zero-order valence-electron chi connectivity index (χ0n) is 19.2. The Hall–Kier alpha value is -1.90. The summed E-state index contributed by atoms with van der Waals surface area (Å²) in [4.78, 5) is 6.46. The van der Waals surface area contributed by atoms with E-state index in [1.165, 1.54) is 0 Å². The van der Waals surface area contributed by atoms with Gasteiger partial charge in [-0.2, -0.15) is 0 Å². The zero-order valence-corrected chi connectivity index (χ0v) is 20.0. The van der Waals surface area contributed by atoms with Gasteiger partial charge in [0.05, 0.1) is 31.4 Å². The number of methoxy groups -OCH3 is 2. The number of ether oxygens (including phenoxy) is 2. The van der Waals surface area contributed by atoms with Gasteiger partial charge in [-0.05, 0) is 25.5 Å². The highest BCUT2D eigenvalue weighted by molar-refractivity contribution is 7.91. The minimum Gasteiger partial charge on any atom is -0.496 e. The average molecular weight is 438 g/mol. The van der Waals surface area contributed by atoms with Crippen molar-refractivity contribution in [1.29, 1.82) is 0 Å². The maximum absolute atomic E-state index is 13.0. The Kier molecular flexibility index (Phi) is 8.07. The maximum Gasteiger partial charge on any atom is 0.227 e. The van der Waals surface area contributed by atoms with Crippen molar-refractivity contribution in [1.82, 2.24) is 14.5 Å². The van der Waals surface area contributed by atoms with Crippen LogP contribution in [-0.2, 0) is 27.7 Å². The number of hydrogen-bond donors (Lipinski definition) is 0. The molecule has 8 heteroatoms. The molecule has 1 aromatic heterocycles.